The average Bonchev–Trinajstić information content (AvgIpc) is 3.50. The number of carbonyl (C=O) groups is 3. The van der Waals surface area contributed by atoms with E-state index in [9.17, 15) is 14.4 Å². The van der Waals surface area contributed by atoms with Crippen LogP contribution in [0.5, 0.6) is 5.75 Å². The summed E-state index contributed by atoms with van der Waals surface area (Å²) >= 11 is 7.14. The summed E-state index contributed by atoms with van der Waals surface area (Å²) in [5, 5.41) is 3.24. The van der Waals surface area contributed by atoms with Crippen molar-refractivity contribution in [1.82, 2.24) is 9.88 Å². The molecule has 1 fully saturated rings. The van der Waals surface area contributed by atoms with Gasteiger partial charge in [-0.2, -0.15) is 0 Å². The number of nitrogens with one attached hydrogen (secondary N) is 1. The Kier molecular flexibility index (Phi) is 7.27. The zero-order valence-electron chi connectivity index (χ0n) is 19.1. The molecule has 4 rings (SSSR count). The van der Waals surface area contributed by atoms with Crippen molar-refractivity contribution in [3.05, 3.63) is 34.3 Å². The molecule has 1 saturated heterocycles. The first-order valence-electron chi connectivity index (χ1n) is 11.2. The van der Waals surface area contributed by atoms with Crippen molar-refractivity contribution in [2.24, 2.45) is 0 Å². The smallest absolute Gasteiger partial charge is 0.328 e. The van der Waals surface area contributed by atoms with E-state index in [1.54, 1.807) is 18.7 Å². The molecule has 2 aliphatic rings. The summed E-state index contributed by atoms with van der Waals surface area (Å²) < 4.78 is 11.3. The number of anilines is 2. The Balaban J connectivity index is 1.53. The fourth-order valence-corrected chi connectivity index (χ4v) is 5.32. The van der Waals surface area contributed by atoms with Crippen molar-refractivity contribution >= 4 is 51.7 Å². The number of halogens is 1. The summed E-state index contributed by atoms with van der Waals surface area (Å²) in [5.41, 5.74) is 1.39. The van der Waals surface area contributed by atoms with Crippen LogP contribution in [-0.2, 0) is 19.7 Å². The maximum atomic E-state index is 13.1. The molecule has 11 heteroatoms. The van der Waals surface area contributed by atoms with Crippen molar-refractivity contribution in [1.29, 1.82) is 0 Å². The van der Waals surface area contributed by atoms with E-state index in [1.807, 2.05) is 23.1 Å². The fourth-order valence-electron chi connectivity index (χ4n) is 4.52. The number of aromatic nitrogens is 1. The Morgan fingerprint density at radius 3 is 2.79 bits per heavy atom. The molecule has 0 bridgehead atoms. The van der Waals surface area contributed by atoms with Crippen LogP contribution in [0, 0.1) is 0 Å². The number of fused-ring (bicyclic) bond motifs is 2. The number of carbonyl (C=O) groups excluding carboxylic acids is 3. The molecular formula is C23H27ClN4O5S. The maximum Gasteiger partial charge on any atom is 0.328 e. The van der Waals surface area contributed by atoms with Gasteiger partial charge in [-0.25, -0.2) is 9.78 Å². The van der Waals surface area contributed by atoms with Crippen LogP contribution in [0.25, 0.3) is 0 Å². The van der Waals surface area contributed by atoms with E-state index in [-0.39, 0.29) is 23.3 Å². The number of rotatable bonds is 7. The van der Waals surface area contributed by atoms with Crippen molar-refractivity contribution in [3.8, 4) is 5.75 Å². The number of amides is 3. The van der Waals surface area contributed by atoms with E-state index in [0.29, 0.717) is 60.9 Å². The number of hydrogen-bond donors (Lipinski definition) is 1. The molecule has 1 spiro atoms. The normalized spacial score (nSPS) is 18.8. The highest BCUT2D eigenvalue weighted by atomic mass is 35.5. The molecule has 0 aliphatic carbocycles. The van der Waals surface area contributed by atoms with E-state index >= 15 is 0 Å². The van der Waals surface area contributed by atoms with Crippen LogP contribution in [0.4, 0.5) is 15.6 Å². The Bertz CT molecular complexity index is 1090. The van der Waals surface area contributed by atoms with Gasteiger partial charge < -0.3 is 14.4 Å². The predicted octanol–water partition coefficient (Wildman–Crippen LogP) is 4.06. The van der Waals surface area contributed by atoms with Gasteiger partial charge in [0, 0.05) is 44.1 Å². The summed E-state index contributed by atoms with van der Waals surface area (Å²) in [6, 6.07) is 5.35. The van der Waals surface area contributed by atoms with Crippen LogP contribution in [0.1, 0.15) is 38.7 Å². The topological polar surface area (TPSA) is 101 Å². The minimum absolute atomic E-state index is 0.0186. The Morgan fingerprint density at radius 2 is 2.12 bits per heavy atom. The third-order valence-corrected chi connectivity index (χ3v) is 7.16. The van der Waals surface area contributed by atoms with Gasteiger partial charge >= 0.3 is 12.0 Å². The van der Waals surface area contributed by atoms with E-state index in [4.69, 9.17) is 21.1 Å². The fraction of sp³-hybridized carbons (Fsp3) is 0.478. The molecule has 182 valence electrons. The van der Waals surface area contributed by atoms with Crippen LogP contribution in [0.15, 0.2) is 24.4 Å². The largest absolute Gasteiger partial charge is 0.494 e. The molecule has 0 radical (unpaired) electrons. The maximum absolute atomic E-state index is 13.1. The zero-order valence-corrected chi connectivity index (χ0v) is 20.7. The number of esters is 1. The number of ether oxygens (including phenoxy) is 2. The first-order valence-corrected chi connectivity index (χ1v) is 12.4. The highest BCUT2D eigenvalue weighted by molar-refractivity contribution is 7.19. The molecular weight excluding hydrogens is 480 g/mol. The third-order valence-electron chi connectivity index (χ3n) is 6.13. The molecule has 3 heterocycles. The monoisotopic (exact) mass is 506 g/mol. The van der Waals surface area contributed by atoms with Crippen LogP contribution < -0.4 is 15.0 Å². The van der Waals surface area contributed by atoms with Gasteiger partial charge in [0.2, 0.25) is 5.91 Å². The Hall–Kier alpha value is -2.85. The second-order valence-corrected chi connectivity index (χ2v) is 10.1. The van der Waals surface area contributed by atoms with Crippen molar-refractivity contribution in [2.75, 3.05) is 43.1 Å². The molecule has 9 nitrogen and oxygen atoms in total. The zero-order chi connectivity index (χ0) is 24.3. The van der Waals surface area contributed by atoms with E-state index in [2.05, 4.69) is 10.3 Å². The molecule has 1 atom stereocenters. The SMILES string of the molecule is CCOC(=O)CCCOc1ccc2c(c1)C1(CCN(C(C)=O)C1)CN2C(=O)Nc1ncc(Cl)s1. The summed E-state index contributed by atoms with van der Waals surface area (Å²) in [6.45, 7) is 5.70. The van der Waals surface area contributed by atoms with Crippen molar-refractivity contribution < 1.29 is 23.9 Å². The number of hydrogen-bond acceptors (Lipinski definition) is 7. The highest BCUT2D eigenvalue weighted by Gasteiger charge is 2.49. The first kappa shape index (κ1) is 24.3. The molecule has 1 aromatic carbocycles. The number of urea groups is 1. The average molecular weight is 507 g/mol. The van der Waals surface area contributed by atoms with Crippen LogP contribution in [-0.4, -0.2) is 60.6 Å². The lowest BCUT2D eigenvalue weighted by Gasteiger charge is -2.25. The number of benzene rings is 1. The highest BCUT2D eigenvalue weighted by Crippen LogP contribution is 2.48. The van der Waals surface area contributed by atoms with Gasteiger partial charge in [-0.05, 0) is 43.5 Å². The number of likely N-dealkylation sites (tertiary alicyclic amines) is 1. The van der Waals surface area contributed by atoms with Gasteiger partial charge in [-0.15, -0.1) is 0 Å². The van der Waals surface area contributed by atoms with Gasteiger partial charge in [0.05, 0.1) is 19.4 Å². The first-order chi connectivity index (χ1) is 16.3. The number of thiazole rings is 1. The Labute approximate surface area is 207 Å². The Morgan fingerprint density at radius 1 is 1.29 bits per heavy atom. The lowest BCUT2D eigenvalue weighted by molar-refractivity contribution is -0.143. The third kappa shape index (κ3) is 5.12. The van der Waals surface area contributed by atoms with Crippen molar-refractivity contribution in [3.63, 3.8) is 0 Å². The summed E-state index contributed by atoms with van der Waals surface area (Å²) in [7, 11) is 0. The standard InChI is InChI=1S/C23H27ClN4O5S/c1-3-32-20(30)5-4-10-33-16-6-7-18-17(11-16)23(8-9-27(13-23)15(2)29)14-28(18)22(31)26-21-25-12-19(24)34-21/h6-7,11-12H,3-5,8-10,13-14H2,1-2H3,(H,25,26,31). The molecule has 1 N–H and O–H groups in total. The van der Waals surface area contributed by atoms with Gasteiger partial charge in [0.25, 0.3) is 0 Å². The molecule has 0 saturated carbocycles. The summed E-state index contributed by atoms with van der Waals surface area (Å²) in [4.78, 5) is 44.3. The summed E-state index contributed by atoms with van der Waals surface area (Å²) in [6.07, 6.45) is 3.09. The predicted molar refractivity (Wildman–Crippen MR) is 130 cm³/mol. The van der Waals surface area contributed by atoms with Crippen LogP contribution >= 0.6 is 22.9 Å². The van der Waals surface area contributed by atoms with Gasteiger partial charge in [-0.3, -0.25) is 19.8 Å². The van der Waals surface area contributed by atoms with Crippen LogP contribution in [0.3, 0.4) is 0 Å². The van der Waals surface area contributed by atoms with Gasteiger partial charge in [0.1, 0.15) is 10.1 Å². The lowest BCUT2D eigenvalue weighted by atomic mass is 9.81. The minimum Gasteiger partial charge on any atom is -0.494 e. The molecule has 2 aromatic rings. The van der Waals surface area contributed by atoms with E-state index in [1.165, 1.54) is 17.5 Å². The lowest BCUT2D eigenvalue weighted by Crippen LogP contribution is -2.41. The van der Waals surface area contributed by atoms with Crippen molar-refractivity contribution in [2.45, 2.75) is 38.5 Å². The molecule has 1 unspecified atom stereocenters. The quantitative estimate of drug-likeness (QED) is 0.449. The van der Waals surface area contributed by atoms with E-state index < -0.39 is 0 Å². The second kappa shape index (κ2) is 10.2. The minimum atomic E-state index is -0.372. The van der Waals surface area contributed by atoms with E-state index in [0.717, 1.165) is 17.7 Å². The van der Waals surface area contributed by atoms with Gasteiger partial charge in [0.15, 0.2) is 5.13 Å². The molecule has 3 amide bonds. The van der Waals surface area contributed by atoms with Crippen LogP contribution in [0.2, 0.25) is 4.34 Å². The summed E-state index contributed by atoms with van der Waals surface area (Å²) in [5.74, 6) is 0.444. The number of nitrogens with zero attached hydrogens (tertiary/aromatic N) is 3. The van der Waals surface area contributed by atoms with Gasteiger partial charge in [-0.1, -0.05) is 22.9 Å². The second-order valence-electron chi connectivity index (χ2n) is 8.39. The molecule has 34 heavy (non-hydrogen) atoms. The molecule has 2 aliphatic heterocycles. The molecule has 1 aromatic heterocycles.